The first-order valence-electron chi connectivity index (χ1n) is 6.19. The highest BCUT2D eigenvalue weighted by atomic mass is 16.5. The van der Waals surface area contributed by atoms with Crippen molar-refractivity contribution in [1.82, 2.24) is 0 Å². The zero-order valence-electron chi connectivity index (χ0n) is 11.3. The van der Waals surface area contributed by atoms with Gasteiger partial charge in [0.2, 0.25) is 0 Å². The van der Waals surface area contributed by atoms with Crippen molar-refractivity contribution in [3.05, 3.63) is 42.5 Å². The van der Waals surface area contributed by atoms with Crippen LogP contribution in [-0.4, -0.2) is 18.6 Å². The maximum atomic E-state index is 11.7. The van der Waals surface area contributed by atoms with Crippen LogP contribution in [0, 0.1) is 0 Å². The molecule has 1 N–H and O–H groups in total. The fourth-order valence-electron chi connectivity index (χ4n) is 1.69. The lowest BCUT2D eigenvalue weighted by molar-refractivity contribution is -0.142. The number of anilines is 1. The van der Waals surface area contributed by atoms with E-state index in [0.29, 0.717) is 5.92 Å². The molecule has 3 heteroatoms. The Morgan fingerprint density at radius 1 is 1.39 bits per heavy atom. The number of carbonyl (C=O) groups is 1. The van der Waals surface area contributed by atoms with Gasteiger partial charge in [0.05, 0.1) is 0 Å². The highest BCUT2D eigenvalue weighted by Gasteiger charge is 2.15. The summed E-state index contributed by atoms with van der Waals surface area (Å²) in [5, 5.41) is 3.19. The van der Waals surface area contributed by atoms with Gasteiger partial charge in [-0.3, -0.25) is 0 Å². The quantitative estimate of drug-likeness (QED) is 0.619. The van der Waals surface area contributed by atoms with Crippen LogP contribution in [0.5, 0.6) is 0 Å². The van der Waals surface area contributed by atoms with E-state index in [1.165, 1.54) is 5.56 Å². The molecule has 1 atom stereocenters. The highest BCUT2D eigenvalue weighted by molar-refractivity contribution is 5.79. The molecule has 98 valence electrons. The van der Waals surface area contributed by atoms with E-state index in [9.17, 15) is 4.79 Å². The van der Waals surface area contributed by atoms with Crippen molar-refractivity contribution in [1.29, 1.82) is 0 Å². The number of ether oxygens (including phenoxy) is 1. The summed E-state index contributed by atoms with van der Waals surface area (Å²) in [5.41, 5.74) is 2.18. The Kier molecular flexibility index (Phi) is 5.43. The van der Waals surface area contributed by atoms with E-state index in [2.05, 4.69) is 31.8 Å². The highest BCUT2D eigenvalue weighted by Crippen LogP contribution is 2.24. The molecule has 0 amide bonds. The molecular formula is C15H21NO2. The van der Waals surface area contributed by atoms with E-state index < -0.39 is 0 Å². The minimum atomic E-state index is -0.371. The summed E-state index contributed by atoms with van der Waals surface area (Å²) in [4.78, 5) is 11.7. The first kappa shape index (κ1) is 14.3. The molecule has 0 saturated carbocycles. The van der Waals surface area contributed by atoms with Gasteiger partial charge < -0.3 is 10.1 Å². The summed E-state index contributed by atoms with van der Waals surface area (Å²) in [5.74, 6) is 0.138. The van der Waals surface area contributed by atoms with Crippen molar-refractivity contribution in [3.8, 4) is 0 Å². The molecule has 0 aromatic heterocycles. The monoisotopic (exact) mass is 247 g/mol. The molecule has 0 heterocycles. The lowest BCUT2D eigenvalue weighted by atomic mass is 10.0. The Balaban J connectivity index is 2.72. The number of nitrogens with one attached hydrogen (secondary N) is 1. The number of para-hydroxylation sites is 1. The molecule has 1 aromatic rings. The van der Waals surface area contributed by atoms with Gasteiger partial charge in [-0.1, -0.05) is 44.7 Å². The molecule has 0 saturated heterocycles. The Bertz CT molecular complexity index is 413. The second-order valence-corrected chi connectivity index (χ2v) is 4.53. The van der Waals surface area contributed by atoms with Crippen LogP contribution in [0.2, 0.25) is 0 Å². The summed E-state index contributed by atoms with van der Waals surface area (Å²) in [7, 11) is 0. The van der Waals surface area contributed by atoms with Crippen molar-refractivity contribution in [3.63, 3.8) is 0 Å². The van der Waals surface area contributed by atoms with Gasteiger partial charge >= 0.3 is 5.97 Å². The van der Waals surface area contributed by atoms with E-state index in [0.717, 1.165) is 5.69 Å². The Labute approximate surface area is 109 Å². The third kappa shape index (κ3) is 3.91. The van der Waals surface area contributed by atoms with E-state index in [-0.39, 0.29) is 18.6 Å². The minimum Gasteiger partial charge on any atom is -0.460 e. The average Bonchev–Trinajstić information content (AvgIpc) is 2.36. The number of carbonyl (C=O) groups excluding carboxylic acids is 1. The first-order valence-corrected chi connectivity index (χ1v) is 6.19. The van der Waals surface area contributed by atoms with Gasteiger partial charge in [-0.05, 0) is 24.5 Å². The summed E-state index contributed by atoms with van der Waals surface area (Å²) < 4.78 is 5.01. The van der Waals surface area contributed by atoms with Crippen molar-refractivity contribution >= 4 is 11.7 Å². The Morgan fingerprint density at radius 3 is 2.67 bits per heavy atom. The van der Waals surface area contributed by atoms with Crippen LogP contribution in [0.4, 0.5) is 5.69 Å². The van der Waals surface area contributed by atoms with Crippen molar-refractivity contribution in [2.24, 2.45) is 0 Å². The van der Waals surface area contributed by atoms with E-state index >= 15 is 0 Å². The molecule has 0 spiro atoms. The molecule has 0 aliphatic heterocycles. The second kappa shape index (κ2) is 6.84. The maximum Gasteiger partial charge on any atom is 0.328 e. The SMILES string of the molecule is C=CCOC(=O)[C@H](C)Nc1ccccc1C(C)C. The normalized spacial score (nSPS) is 12.0. The average molecular weight is 247 g/mol. The molecule has 0 aliphatic carbocycles. The first-order chi connectivity index (χ1) is 8.56. The predicted molar refractivity (Wildman–Crippen MR) is 74.8 cm³/mol. The molecule has 0 fully saturated rings. The lowest BCUT2D eigenvalue weighted by Crippen LogP contribution is -2.28. The van der Waals surface area contributed by atoms with Crippen LogP contribution < -0.4 is 5.32 Å². The molecule has 0 radical (unpaired) electrons. The summed E-state index contributed by atoms with van der Waals surface area (Å²) in [6, 6.07) is 7.63. The Hall–Kier alpha value is -1.77. The lowest BCUT2D eigenvalue weighted by Gasteiger charge is -2.18. The zero-order chi connectivity index (χ0) is 13.5. The molecule has 3 nitrogen and oxygen atoms in total. The summed E-state index contributed by atoms with van der Waals surface area (Å²) in [6.07, 6.45) is 1.56. The van der Waals surface area contributed by atoms with Gasteiger partial charge in [0.25, 0.3) is 0 Å². The van der Waals surface area contributed by atoms with Crippen LogP contribution in [0.1, 0.15) is 32.3 Å². The van der Waals surface area contributed by atoms with Gasteiger partial charge in [0, 0.05) is 5.69 Å². The number of esters is 1. The zero-order valence-corrected chi connectivity index (χ0v) is 11.3. The van der Waals surface area contributed by atoms with E-state index in [1.807, 2.05) is 18.2 Å². The number of hydrogen-bond acceptors (Lipinski definition) is 3. The van der Waals surface area contributed by atoms with Crippen molar-refractivity contribution in [2.75, 3.05) is 11.9 Å². The molecule has 1 aromatic carbocycles. The third-order valence-electron chi connectivity index (χ3n) is 2.65. The summed E-state index contributed by atoms with van der Waals surface area (Å²) >= 11 is 0. The van der Waals surface area contributed by atoms with Gasteiger partial charge in [0.1, 0.15) is 12.6 Å². The van der Waals surface area contributed by atoms with Crippen LogP contribution in [-0.2, 0) is 9.53 Å². The smallest absolute Gasteiger partial charge is 0.328 e. The molecule has 18 heavy (non-hydrogen) atoms. The minimum absolute atomic E-state index is 0.247. The Morgan fingerprint density at radius 2 is 2.06 bits per heavy atom. The number of rotatable bonds is 6. The molecule has 0 aliphatic rings. The number of hydrogen-bond donors (Lipinski definition) is 1. The molecule has 1 rings (SSSR count). The maximum absolute atomic E-state index is 11.7. The molecule has 0 unspecified atom stereocenters. The topological polar surface area (TPSA) is 38.3 Å². The van der Waals surface area contributed by atoms with Crippen LogP contribution >= 0.6 is 0 Å². The van der Waals surface area contributed by atoms with Gasteiger partial charge in [-0.25, -0.2) is 4.79 Å². The van der Waals surface area contributed by atoms with Crippen molar-refractivity contribution in [2.45, 2.75) is 32.7 Å². The van der Waals surface area contributed by atoms with Gasteiger partial charge in [0.15, 0.2) is 0 Å². The predicted octanol–water partition coefficient (Wildman–Crippen LogP) is 3.34. The second-order valence-electron chi connectivity index (χ2n) is 4.53. The van der Waals surface area contributed by atoms with Crippen LogP contribution in [0.3, 0.4) is 0 Å². The fraction of sp³-hybridized carbons (Fsp3) is 0.400. The van der Waals surface area contributed by atoms with E-state index in [4.69, 9.17) is 4.74 Å². The standard InChI is InChI=1S/C15H21NO2/c1-5-10-18-15(17)12(4)16-14-9-7-6-8-13(14)11(2)3/h5-9,11-12,16H,1,10H2,2-4H3/t12-/m0/s1. The number of benzene rings is 1. The third-order valence-corrected chi connectivity index (χ3v) is 2.65. The summed E-state index contributed by atoms with van der Waals surface area (Å²) in [6.45, 7) is 9.81. The van der Waals surface area contributed by atoms with Crippen LogP contribution in [0.15, 0.2) is 36.9 Å². The van der Waals surface area contributed by atoms with E-state index in [1.54, 1.807) is 13.0 Å². The molecule has 0 bridgehead atoms. The van der Waals surface area contributed by atoms with Gasteiger partial charge in [-0.2, -0.15) is 0 Å². The van der Waals surface area contributed by atoms with Crippen LogP contribution in [0.25, 0.3) is 0 Å². The van der Waals surface area contributed by atoms with Crippen molar-refractivity contribution < 1.29 is 9.53 Å². The fourth-order valence-corrected chi connectivity index (χ4v) is 1.69. The van der Waals surface area contributed by atoms with Gasteiger partial charge in [-0.15, -0.1) is 0 Å². The molecular weight excluding hydrogens is 226 g/mol. The largest absolute Gasteiger partial charge is 0.460 e.